The van der Waals surface area contributed by atoms with Gasteiger partial charge in [0.05, 0.1) is 6.10 Å². The lowest BCUT2D eigenvalue weighted by atomic mass is 9.98. The summed E-state index contributed by atoms with van der Waals surface area (Å²) in [5.41, 5.74) is -0.00936. The Morgan fingerprint density at radius 3 is 2.82 bits per heavy atom. The maximum atomic E-state index is 9.62. The molecule has 0 heterocycles. The summed E-state index contributed by atoms with van der Waals surface area (Å²) in [5, 5.41) is 9.80. The molecule has 1 N–H and O–H groups in total. The standard InChI is InChI=1S/C9H15ClO/c1-3-4-5-8(11)9(2)6-7(9)10/h3,7-8,11H,1,4-6H2,2H3. The molecule has 64 valence electrons. The highest BCUT2D eigenvalue weighted by molar-refractivity contribution is 6.23. The minimum absolute atomic E-state index is 0.00936. The van der Waals surface area contributed by atoms with E-state index in [-0.39, 0.29) is 16.9 Å². The summed E-state index contributed by atoms with van der Waals surface area (Å²) in [4.78, 5) is 0. The van der Waals surface area contributed by atoms with Crippen LogP contribution in [0.4, 0.5) is 0 Å². The third-order valence-electron chi connectivity index (χ3n) is 2.58. The first-order valence-electron chi connectivity index (χ1n) is 4.04. The third kappa shape index (κ3) is 1.77. The van der Waals surface area contributed by atoms with Gasteiger partial charge in [0.25, 0.3) is 0 Å². The molecule has 3 unspecified atom stereocenters. The topological polar surface area (TPSA) is 20.2 Å². The quantitative estimate of drug-likeness (QED) is 0.513. The maximum absolute atomic E-state index is 9.62. The summed E-state index contributed by atoms with van der Waals surface area (Å²) in [6.07, 6.45) is 4.21. The largest absolute Gasteiger partial charge is 0.392 e. The van der Waals surface area contributed by atoms with Crippen molar-refractivity contribution in [2.75, 3.05) is 0 Å². The summed E-state index contributed by atoms with van der Waals surface area (Å²) >= 11 is 5.88. The molecule has 0 saturated heterocycles. The Labute approximate surface area is 73.1 Å². The number of halogens is 1. The first-order valence-corrected chi connectivity index (χ1v) is 4.48. The molecule has 0 amide bonds. The van der Waals surface area contributed by atoms with E-state index in [2.05, 4.69) is 6.58 Å². The van der Waals surface area contributed by atoms with Crippen molar-refractivity contribution in [1.82, 2.24) is 0 Å². The van der Waals surface area contributed by atoms with Crippen molar-refractivity contribution in [3.8, 4) is 0 Å². The fraction of sp³-hybridized carbons (Fsp3) is 0.778. The fourth-order valence-corrected chi connectivity index (χ4v) is 1.76. The Morgan fingerprint density at radius 1 is 1.91 bits per heavy atom. The maximum Gasteiger partial charge on any atom is 0.0611 e. The van der Waals surface area contributed by atoms with Crippen LogP contribution >= 0.6 is 11.6 Å². The lowest BCUT2D eigenvalue weighted by Crippen LogP contribution is -2.20. The Hall–Kier alpha value is -0.0100. The molecule has 0 bridgehead atoms. The first-order chi connectivity index (χ1) is 5.11. The molecular formula is C9H15ClO. The lowest BCUT2D eigenvalue weighted by molar-refractivity contribution is 0.0959. The molecule has 1 saturated carbocycles. The lowest BCUT2D eigenvalue weighted by Gasteiger charge is -2.16. The van der Waals surface area contributed by atoms with Crippen molar-refractivity contribution in [2.24, 2.45) is 5.41 Å². The van der Waals surface area contributed by atoms with Crippen molar-refractivity contribution < 1.29 is 5.11 Å². The minimum atomic E-state index is -0.247. The van der Waals surface area contributed by atoms with Crippen molar-refractivity contribution in [2.45, 2.75) is 37.7 Å². The van der Waals surface area contributed by atoms with E-state index in [9.17, 15) is 5.11 Å². The van der Waals surface area contributed by atoms with Gasteiger partial charge in [0, 0.05) is 10.8 Å². The number of rotatable bonds is 4. The molecular weight excluding hydrogens is 160 g/mol. The second kappa shape index (κ2) is 3.16. The zero-order valence-corrected chi connectivity index (χ0v) is 7.64. The Morgan fingerprint density at radius 2 is 2.45 bits per heavy atom. The predicted molar refractivity (Wildman–Crippen MR) is 47.8 cm³/mol. The molecule has 1 aliphatic carbocycles. The van der Waals surface area contributed by atoms with E-state index in [1.54, 1.807) is 0 Å². The van der Waals surface area contributed by atoms with Crippen molar-refractivity contribution in [3.05, 3.63) is 12.7 Å². The summed E-state index contributed by atoms with van der Waals surface area (Å²) in [6.45, 7) is 5.65. The predicted octanol–water partition coefficient (Wildman–Crippen LogP) is 2.33. The molecule has 0 aromatic carbocycles. The summed E-state index contributed by atoms with van der Waals surface area (Å²) in [6, 6.07) is 0. The van der Waals surface area contributed by atoms with E-state index >= 15 is 0 Å². The van der Waals surface area contributed by atoms with Gasteiger partial charge in [0.1, 0.15) is 0 Å². The highest BCUT2D eigenvalue weighted by atomic mass is 35.5. The molecule has 1 nitrogen and oxygen atoms in total. The number of aliphatic hydroxyl groups is 1. The zero-order chi connectivity index (χ0) is 8.48. The van der Waals surface area contributed by atoms with E-state index < -0.39 is 0 Å². The van der Waals surface area contributed by atoms with E-state index in [4.69, 9.17) is 11.6 Å². The van der Waals surface area contributed by atoms with Crippen LogP contribution in [0.15, 0.2) is 12.7 Å². The average molecular weight is 175 g/mol. The van der Waals surface area contributed by atoms with E-state index in [0.29, 0.717) is 0 Å². The van der Waals surface area contributed by atoms with Crippen LogP contribution in [0.1, 0.15) is 26.2 Å². The van der Waals surface area contributed by atoms with Crippen molar-refractivity contribution in [1.29, 1.82) is 0 Å². The van der Waals surface area contributed by atoms with Crippen molar-refractivity contribution >= 4 is 11.6 Å². The molecule has 0 radical (unpaired) electrons. The summed E-state index contributed by atoms with van der Waals surface area (Å²) in [7, 11) is 0. The number of hydrogen-bond acceptors (Lipinski definition) is 1. The van der Waals surface area contributed by atoms with Crippen molar-refractivity contribution in [3.63, 3.8) is 0 Å². The van der Waals surface area contributed by atoms with Gasteiger partial charge in [0.15, 0.2) is 0 Å². The number of allylic oxidation sites excluding steroid dienone is 1. The smallest absolute Gasteiger partial charge is 0.0611 e. The third-order valence-corrected chi connectivity index (χ3v) is 3.23. The van der Waals surface area contributed by atoms with E-state index in [1.165, 1.54) is 0 Å². The van der Waals surface area contributed by atoms with Gasteiger partial charge < -0.3 is 5.11 Å². The Balaban J connectivity index is 2.30. The van der Waals surface area contributed by atoms with Crippen LogP contribution in [0.2, 0.25) is 0 Å². The van der Waals surface area contributed by atoms with Gasteiger partial charge in [-0.05, 0) is 19.3 Å². The Kier molecular flexibility index (Phi) is 2.61. The molecule has 1 rings (SSSR count). The van der Waals surface area contributed by atoms with Crippen LogP contribution in [0.5, 0.6) is 0 Å². The number of alkyl halides is 1. The number of aliphatic hydroxyl groups excluding tert-OH is 1. The van der Waals surface area contributed by atoms with Gasteiger partial charge in [0.2, 0.25) is 0 Å². The normalized spacial score (nSPS) is 38.3. The summed E-state index contributed by atoms with van der Waals surface area (Å²) in [5.74, 6) is 0. The molecule has 1 fully saturated rings. The van der Waals surface area contributed by atoms with Crippen LogP contribution in [0, 0.1) is 5.41 Å². The van der Waals surface area contributed by atoms with Crippen LogP contribution < -0.4 is 0 Å². The second-order valence-corrected chi connectivity index (χ2v) is 4.09. The van der Waals surface area contributed by atoms with Gasteiger partial charge in [-0.25, -0.2) is 0 Å². The molecule has 1 aliphatic rings. The Bertz CT molecular complexity index is 158. The average Bonchev–Trinajstić information content (AvgIpc) is 2.56. The van der Waals surface area contributed by atoms with Crippen LogP contribution in [0.3, 0.4) is 0 Å². The van der Waals surface area contributed by atoms with Gasteiger partial charge in [-0.1, -0.05) is 13.0 Å². The first kappa shape index (κ1) is 9.08. The zero-order valence-electron chi connectivity index (χ0n) is 6.89. The highest BCUT2D eigenvalue weighted by Crippen LogP contribution is 2.53. The number of hydrogen-bond donors (Lipinski definition) is 1. The molecule has 0 aliphatic heterocycles. The molecule has 0 spiro atoms. The molecule has 2 heteroatoms. The van der Waals surface area contributed by atoms with E-state index in [0.717, 1.165) is 19.3 Å². The highest BCUT2D eigenvalue weighted by Gasteiger charge is 2.53. The molecule has 0 aromatic heterocycles. The monoisotopic (exact) mass is 174 g/mol. The van der Waals surface area contributed by atoms with Gasteiger partial charge in [-0.3, -0.25) is 0 Å². The van der Waals surface area contributed by atoms with Crippen LogP contribution in [0.25, 0.3) is 0 Å². The van der Waals surface area contributed by atoms with Crippen LogP contribution in [-0.4, -0.2) is 16.6 Å². The second-order valence-electron chi connectivity index (χ2n) is 3.56. The van der Waals surface area contributed by atoms with Gasteiger partial charge >= 0.3 is 0 Å². The molecule has 11 heavy (non-hydrogen) atoms. The fourth-order valence-electron chi connectivity index (χ4n) is 1.28. The van der Waals surface area contributed by atoms with Gasteiger partial charge in [-0.2, -0.15) is 0 Å². The summed E-state index contributed by atoms with van der Waals surface area (Å²) < 4.78 is 0. The van der Waals surface area contributed by atoms with Gasteiger partial charge in [-0.15, -0.1) is 18.2 Å². The SMILES string of the molecule is C=CCCC(O)C1(C)CC1Cl. The van der Waals surface area contributed by atoms with Crippen LogP contribution in [-0.2, 0) is 0 Å². The molecule has 0 aromatic rings. The molecule has 3 atom stereocenters. The minimum Gasteiger partial charge on any atom is -0.392 e. The van der Waals surface area contributed by atoms with E-state index in [1.807, 2.05) is 13.0 Å².